The van der Waals surface area contributed by atoms with Gasteiger partial charge >= 0.3 is 0 Å². The lowest BCUT2D eigenvalue weighted by atomic mass is 9.81. The molecule has 1 saturated carbocycles. The predicted octanol–water partition coefficient (Wildman–Crippen LogP) is 3.67. The van der Waals surface area contributed by atoms with Crippen LogP contribution in [-0.2, 0) is 0 Å². The minimum absolute atomic E-state index is 0.132. The summed E-state index contributed by atoms with van der Waals surface area (Å²) in [6, 6.07) is 5.27. The fourth-order valence-corrected chi connectivity index (χ4v) is 3.07. The third-order valence-electron chi connectivity index (χ3n) is 3.60. The summed E-state index contributed by atoms with van der Waals surface area (Å²) in [7, 11) is 0. The molecule has 0 saturated heterocycles. The first-order chi connectivity index (χ1) is 8.22. The van der Waals surface area contributed by atoms with E-state index in [1.807, 2.05) is 12.1 Å². The lowest BCUT2D eigenvalue weighted by Gasteiger charge is -2.30. The number of hydrogen-bond donors (Lipinski definition) is 2. The largest absolute Gasteiger partial charge is 0.271 e. The first kappa shape index (κ1) is 13.0. The average molecular weight is 301 g/mol. The van der Waals surface area contributed by atoms with Crippen LogP contribution >= 0.6 is 15.9 Å². The molecule has 0 radical (unpaired) electrons. The lowest BCUT2D eigenvalue weighted by molar-refractivity contribution is 0.273. The molecule has 0 aliphatic heterocycles. The lowest BCUT2D eigenvalue weighted by Crippen LogP contribution is -2.34. The van der Waals surface area contributed by atoms with E-state index in [9.17, 15) is 4.39 Å². The zero-order valence-corrected chi connectivity index (χ0v) is 11.3. The van der Waals surface area contributed by atoms with Gasteiger partial charge in [-0.1, -0.05) is 25.3 Å². The van der Waals surface area contributed by atoms with Gasteiger partial charge in [-0.2, -0.15) is 0 Å². The van der Waals surface area contributed by atoms with Crippen LogP contribution in [0, 0.1) is 11.7 Å². The normalized spacial score (nSPS) is 19.2. The van der Waals surface area contributed by atoms with Gasteiger partial charge in [0.05, 0.1) is 4.47 Å². The Labute approximate surface area is 110 Å². The van der Waals surface area contributed by atoms with Crippen molar-refractivity contribution in [3.63, 3.8) is 0 Å². The highest BCUT2D eigenvalue weighted by Gasteiger charge is 2.24. The fourth-order valence-electron chi connectivity index (χ4n) is 2.68. The van der Waals surface area contributed by atoms with Gasteiger partial charge in [0.1, 0.15) is 5.82 Å². The highest BCUT2D eigenvalue weighted by Crippen LogP contribution is 2.35. The Hall–Kier alpha value is -0.450. The molecular weight excluding hydrogens is 283 g/mol. The van der Waals surface area contributed by atoms with Crippen LogP contribution in [0.1, 0.15) is 43.7 Å². The minimum atomic E-state index is -0.229. The van der Waals surface area contributed by atoms with Gasteiger partial charge in [0.2, 0.25) is 0 Å². The summed E-state index contributed by atoms with van der Waals surface area (Å²) >= 11 is 3.22. The zero-order valence-electron chi connectivity index (χ0n) is 9.76. The molecule has 2 nitrogen and oxygen atoms in total. The summed E-state index contributed by atoms with van der Waals surface area (Å²) in [5.74, 6) is 6.00. The number of halogens is 2. The second kappa shape index (κ2) is 5.94. The van der Waals surface area contributed by atoms with E-state index in [-0.39, 0.29) is 11.9 Å². The van der Waals surface area contributed by atoms with Crippen molar-refractivity contribution >= 4 is 15.9 Å². The number of hydrazine groups is 1. The van der Waals surface area contributed by atoms with Crippen molar-refractivity contribution in [3.8, 4) is 0 Å². The zero-order chi connectivity index (χ0) is 12.3. The number of nitrogens with two attached hydrogens (primary N) is 1. The molecule has 94 valence electrons. The fraction of sp³-hybridized carbons (Fsp3) is 0.538. The van der Waals surface area contributed by atoms with Crippen molar-refractivity contribution in [2.75, 3.05) is 0 Å². The van der Waals surface area contributed by atoms with E-state index in [0.29, 0.717) is 10.4 Å². The number of nitrogens with one attached hydrogen (secondary N) is 1. The standard InChI is InChI=1S/C13H18BrFN2/c14-11-8-10(6-7-12(11)15)13(17-16)9-4-2-1-3-5-9/h6-9,13,17H,1-5,16H2. The van der Waals surface area contributed by atoms with Crippen LogP contribution in [-0.4, -0.2) is 0 Å². The Balaban J connectivity index is 2.18. The van der Waals surface area contributed by atoms with Crippen molar-refractivity contribution in [3.05, 3.63) is 34.1 Å². The van der Waals surface area contributed by atoms with Crippen molar-refractivity contribution in [1.82, 2.24) is 5.43 Å². The van der Waals surface area contributed by atoms with E-state index in [2.05, 4.69) is 21.4 Å². The molecule has 3 N–H and O–H groups in total. The first-order valence-electron chi connectivity index (χ1n) is 6.13. The van der Waals surface area contributed by atoms with Gasteiger partial charge in [-0.15, -0.1) is 0 Å². The molecule has 1 fully saturated rings. The van der Waals surface area contributed by atoms with Crippen LogP contribution in [0.2, 0.25) is 0 Å². The number of rotatable bonds is 3. The Morgan fingerprint density at radius 3 is 2.59 bits per heavy atom. The van der Waals surface area contributed by atoms with Gasteiger partial charge in [0, 0.05) is 6.04 Å². The van der Waals surface area contributed by atoms with Crippen LogP contribution in [0.4, 0.5) is 4.39 Å². The van der Waals surface area contributed by atoms with E-state index in [1.54, 1.807) is 0 Å². The Morgan fingerprint density at radius 2 is 2.00 bits per heavy atom. The summed E-state index contributed by atoms with van der Waals surface area (Å²) in [4.78, 5) is 0. The molecule has 0 heterocycles. The highest BCUT2D eigenvalue weighted by molar-refractivity contribution is 9.10. The topological polar surface area (TPSA) is 38.0 Å². The van der Waals surface area contributed by atoms with Gasteiger partial charge < -0.3 is 0 Å². The van der Waals surface area contributed by atoms with Crippen molar-refractivity contribution < 1.29 is 4.39 Å². The van der Waals surface area contributed by atoms with E-state index in [4.69, 9.17) is 5.84 Å². The quantitative estimate of drug-likeness (QED) is 0.660. The molecule has 0 spiro atoms. The van der Waals surface area contributed by atoms with Gasteiger partial charge in [-0.25, -0.2) is 4.39 Å². The Bertz CT molecular complexity index is 378. The number of hydrogen-bond acceptors (Lipinski definition) is 2. The van der Waals surface area contributed by atoms with Crippen molar-refractivity contribution in [2.24, 2.45) is 11.8 Å². The predicted molar refractivity (Wildman–Crippen MR) is 70.7 cm³/mol. The summed E-state index contributed by atoms with van der Waals surface area (Å²) in [5, 5.41) is 0. The molecule has 17 heavy (non-hydrogen) atoms. The second-order valence-corrected chi connectivity index (χ2v) is 5.57. The molecular formula is C13H18BrFN2. The Morgan fingerprint density at radius 1 is 1.29 bits per heavy atom. The molecule has 0 bridgehead atoms. The Kier molecular flexibility index (Phi) is 4.54. The van der Waals surface area contributed by atoms with E-state index >= 15 is 0 Å². The third-order valence-corrected chi connectivity index (χ3v) is 4.21. The molecule has 1 atom stereocenters. The second-order valence-electron chi connectivity index (χ2n) is 4.72. The summed E-state index contributed by atoms with van der Waals surface area (Å²) < 4.78 is 13.7. The first-order valence-corrected chi connectivity index (χ1v) is 6.92. The monoisotopic (exact) mass is 300 g/mol. The van der Waals surface area contributed by atoms with E-state index in [1.165, 1.54) is 38.2 Å². The maximum Gasteiger partial charge on any atom is 0.137 e. The molecule has 1 aromatic rings. The molecule has 1 unspecified atom stereocenters. The molecule has 4 heteroatoms. The molecule has 0 aromatic heterocycles. The maximum atomic E-state index is 13.2. The molecule has 2 rings (SSSR count). The highest BCUT2D eigenvalue weighted by atomic mass is 79.9. The molecule has 1 aliphatic carbocycles. The van der Waals surface area contributed by atoms with Gasteiger partial charge in [0.15, 0.2) is 0 Å². The van der Waals surface area contributed by atoms with Crippen molar-refractivity contribution in [2.45, 2.75) is 38.1 Å². The van der Waals surface area contributed by atoms with Crippen LogP contribution in [0.5, 0.6) is 0 Å². The maximum absolute atomic E-state index is 13.2. The smallest absolute Gasteiger partial charge is 0.137 e. The molecule has 1 aliphatic rings. The van der Waals surface area contributed by atoms with Crippen molar-refractivity contribution in [1.29, 1.82) is 0 Å². The van der Waals surface area contributed by atoms with Crippen LogP contribution in [0.15, 0.2) is 22.7 Å². The summed E-state index contributed by atoms with van der Waals surface area (Å²) in [5.41, 5.74) is 3.95. The summed E-state index contributed by atoms with van der Waals surface area (Å²) in [6.07, 6.45) is 6.26. The third kappa shape index (κ3) is 3.06. The van der Waals surface area contributed by atoms with Crippen LogP contribution in [0.25, 0.3) is 0 Å². The van der Waals surface area contributed by atoms with Gasteiger partial charge in [-0.05, 0) is 52.4 Å². The van der Waals surface area contributed by atoms with Crippen LogP contribution in [0.3, 0.4) is 0 Å². The van der Waals surface area contributed by atoms with Gasteiger partial charge in [-0.3, -0.25) is 11.3 Å². The van der Waals surface area contributed by atoms with E-state index < -0.39 is 0 Å². The molecule has 1 aromatic carbocycles. The minimum Gasteiger partial charge on any atom is -0.271 e. The summed E-state index contributed by atoms with van der Waals surface area (Å²) in [6.45, 7) is 0. The van der Waals surface area contributed by atoms with Gasteiger partial charge in [0.25, 0.3) is 0 Å². The van der Waals surface area contributed by atoms with Crippen LogP contribution < -0.4 is 11.3 Å². The average Bonchev–Trinajstić information content (AvgIpc) is 2.36. The SMILES string of the molecule is NNC(c1ccc(F)c(Br)c1)C1CCCCC1. The van der Waals surface area contributed by atoms with E-state index in [0.717, 1.165) is 5.56 Å². The molecule has 0 amide bonds. The number of benzene rings is 1.